The number of carbonyl (C=O) groups is 1. The number of pyridine rings is 1. The fourth-order valence-corrected chi connectivity index (χ4v) is 2.87. The van der Waals surface area contributed by atoms with Crippen LogP contribution in [0.15, 0.2) is 48.5 Å². The number of carbonyl (C=O) groups excluding carboxylic acids is 1. The highest BCUT2D eigenvalue weighted by atomic mass is 35.5. The topological polar surface area (TPSA) is 39.2 Å². The SMILES string of the molecule is Cc1cccc2c(C(=O)Cl)cc(-c3cccc(OCC(C)C)c3)nc12. The van der Waals surface area contributed by atoms with Crippen molar-refractivity contribution in [2.24, 2.45) is 5.92 Å². The predicted molar refractivity (Wildman–Crippen MR) is 102 cm³/mol. The maximum absolute atomic E-state index is 11.9. The van der Waals surface area contributed by atoms with Gasteiger partial charge in [0.2, 0.25) is 0 Å². The monoisotopic (exact) mass is 353 g/mol. The van der Waals surface area contributed by atoms with Crippen LogP contribution in [-0.4, -0.2) is 16.8 Å². The minimum Gasteiger partial charge on any atom is -0.493 e. The quantitative estimate of drug-likeness (QED) is 0.558. The second-order valence-electron chi connectivity index (χ2n) is 6.53. The fourth-order valence-electron chi connectivity index (χ4n) is 2.71. The van der Waals surface area contributed by atoms with Crippen molar-refractivity contribution in [3.05, 3.63) is 59.7 Å². The van der Waals surface area contributed by atoms with Crippen molar-refractivity contribution < 1.29 is 9.53 Å². The highest BCUT2D eigenvalue weighted by Crippen LogP contribution is 2.29. The number of nitrogens with zero attached hydrogens (tertiary/aromatic N) is 1. The maximum Gasteiger partial charge on any atom is 0.253 e. The van der Waals surface area contributed by atoms with Crippen molar-refractivity contribution in [1.29, 1.82) is 0 Å². The number of hydrogen-bond donors (Lipinski definition) is 0. The van der Waals surface area contributed by atoms with E-state index in [2.05, 4.69) is 13.8 Å². The Kier molecular flexibility index (Phi) is 5.05. The third kappa shape index (κ3) is 3.83. The van der Waals surface area contributed by atoms with Crippen LogP contribution in [-0.2, 0) is 0 Å². The maximum atomic E-state index is 11.9. The number of para-hydroxylation sites is 1. The van der Waals surface area contributed by atoms with E-state index in [1.807, 2.05) is 49.4 Å². The van der Waals surface area contributed by atoms with Gasteiger partial charge in [-0.15, -0.1) is 0 Å². The highest BCUT2D eigenvalue weighted by Gasteiger charge is 2.14. The van der Waals surface area contributed by atoms with Gasteiger partial charge < -0.3 is 4.74 Å². The minimum absolute atomic E-state index is 0.450. The van der Waals surface area contributed by atoms with Crippen LogP contribution in [0.25, 0.3) is 22.2 Å². The fraction of sp³-hybridized carbons (Fsp3) is 0.238. The van der Waals surface area contributed by atoms with Gasteiger partial charge in [-0.2, -0.15) is 0 Å². The van der Waals surface area contributed by atoms with Gasteiger partial charge in [0.15, 0.2) is 0 Å². The molecule has 0 fully saturated rings. The van der Waals surface area contributed by atoms with Crippen LogP contribution in [0.1, 0.15) is 29.8 Å². The van der Waals surface area contributed by atoms with Crippen molar-refractivity contribution in [3.63, 3.8) is 0 Å². The zero-order valence-electron chi connectivity index (χ0n) is 14.5. The van der Waals surface area contributed by atoms with E-state index in [0.29, 0.717) is 23.8 Å². The molecule has 1 aromatic heterocycles. The Morgan fingerprint density at radius 2 is 1.92 bits per heavy atom. The lowest BCUT2D eigenvalue weighted by molar-refractivity contribution is 0.108. The number of aryl methyl sites for hydroxylation is 1. The average Bonchev–Trinajstić information content (AvgIpc) is 2.59. The van der Waals surface area contributed by atoms with Gasteiger partial charge in [-0.05, 0) is 48.2 Å². The molecule has 4 heteroatoms. The molecule has 128 valence electrons. The molecule has 0 amide bonds. The summed E-state index contributed by atoms with van der Waals surface area (Å²) in [6.07, 6.45) is 0. The van der Waals surface area contributed by atoms with Gasteiger partial charge in [0, 0.05) is 16.5 Å². The summed E-state index contributed by atoms with van der Waals surface area (Å²) in [5.74, 6) is 1.24. The first kappa shape index (κ1) is 17.4. The first-order valence-corrected chi connectivity index (χ1v) is 8.67. The van der Waals surface area contributed by atoms with Gasteiger partial charge in [0.1, 0.15) is 5.75 Å². The Morgan fingerprint density at radius 3 is 2.64 bits per heavy atom. The van der Waals surface area contributed by atoms with Crippen LogP contribution >= 0.6 is 11.6 Å². The van der Waals surface area contributed by atoms with E-state index in [-0.39, 0.29) is 0 Å². The third-order valence-electron chi connectivity index (χ3n) is 3.97. The van der Waals surface area contributed by atoms with Crippen LogP contribution in [0.5, 0.6) is 5.75 Å². The van der Waals surface area contributed by atoms with Crippen LogP contribution in [0, 0.1) is 12.8 Å². The molecule has 0 saturated carbocycles. The van der Waals surface area contributed by atoms with Gasteiger partial charge in [0.05, 0.1) is 17.8 Å². The van der Waals surface area contributed by atoms with E-state index < -0.39 is 5.24 Å². The second-order valence-corrected chi connectivity index (χ2v) is 6.88. The molecule has 2 aromatic carbocycles. The molecule has 25 heavy (non-hydrogen) atoms. The summed E-state index contributed by atoms with van der Waals surface area (Å²) in [6.45, 7) is 6.84. The molecule has 0 saturated heterocycles. The standard InChI is InChI=1S/C21H20ClNO2/c1-13(2)12-25-16-8-5-7-15(10-16)19-11-18(21(22)24)17-9-4-6-14(3)20(17)23-19/h4-11,13H,12H2,1-3H3. The predicted octanol–water partition coefficient (Wildman–Crippen LogP) is 5.62. The number of benzene rings is 2. The average molecular weight is 354 g/mol. The Bertz CT molecular complexity index is 934. The Hall–Kier alpha value is -2.39. The zero-order chi connectivity index (χ0) is 18.0. The number of ether oxygens (including phenoxy) is 1. The van der Waals surface area contributed by atoms with E-state index in [0.717, 1.165) is 27.8 Å². The largest absolute Gasteiger partial charge is 0.493 e. The first-order valence-electron chi connectivity index (χ1n) is 8.29. The minimum atomic E-state index is -0.480. The van der Waals surface area contributed by atoms with E-state index >= 15 is 0 Å². The molecule has 0 unspecified atom stereocenters. The molecule has 0 aliphatic carbocycles. The van der Waals surface area contributed by atoms with Gasteiger partial charge in [-0.25, -0.2) is 4.98 Å². The molecule has 3 rings (SSSR count). The summed E-state index contributed by atoms with van der Waals surface area (Å²) in [4.78, 5) is 16.7. The summed E-state index contributed by atoms with van der Waals surface area (Å²) in [5, 5.41) is 0.294. The molecule has 0 aliphatic heterocycles. The normalized spacial score (nSPS) is 11.1. The smallest absolute Gasteiger partial charge is 0.253 e. The van der Waals surface area contributed by atoms with Crippen LogP contribution in [0.3, 0.4) is 0 Å². The molecule has 3 nitrogen and oxygen atoms in total. The van der Waals surface area contributed by atoms with Gasteiger partial charge >= 0.3 is 0 Å². The Labute approximate surface area is 152 Å². The molecule has 0 N–H and O–H groups in total. The van der Waals surface area contributed by atoms with Crippen LogP contribution in [0.2, 0.25) is 0 Å². The van der Waals surface area contributed by atoms with Crippen molar-refractivity contribution in [2.75, 3.05) is 6.61 Å². The molecule has 0 bridgehead atoms. The molecular formula is C21H20ClNO2. The Morgan fingerprint density at radius 1 is 1.16 bits per heavy atom. The number of hydrogen-bond acceptors (Lipinski definition) is 3. The number of fused-ring (bicyclic) bond motifs is 1. The lowest BCUT2D eigenvalue weighted by Crippen LogP contribution is -2.04. The van der Waals surface area contributed by atoms with Crippen LogP contribution < -0.4 is 4.74 Å². The lowest BCUT2D eigenvalue weighted by atomic mass is 10.0. The van der Waals surface area contributed by atoms with E-state index in [1.54, 1.807) is 6.07 Å². The van der Waals surface area contributed by atoms with Crippen molar-refractivity contribution in [2.45, 2.75) is 20.8 Å². The zero-order valence-corrected chi connectivity index (χ0v) is 15.3. The summed E-state index contributed by atoms with van der Waals surface area (Å²) in [7, 11) is 0. The molecule has 3 aromatic rings. The number of rotatable bonds is 5. The van der Waals surface area contributed by atoms with Crippen molar-refractivity contribution in [1.82, 2.24) is 4.98 Å². The van der Waals surface area contributed by atoms with E-state index in [4.69, 9.17) is 21.3 Å². The van der Waals surface area contributed by atoms with Crippen molar-refractivity contribution >= 4 is 27.7 Å². The highest BCUT2D eigenvalue weighted by molar-refractivity contribution is 6.68. The summed E-state index contributed by atoms with van der Waals surface area (Å²) in [5.41, 5.74) is 3.87. The van der Waals surface area contributed by atoms with Gasteiger partial charge in [-0.1, -0.05) is 44.2 Å². The molecular weight excluding hydrogens is 334 g/mol. The van der Waals surface area contributed by atoms with Gasteiger partial charge in [-0.3, -0.25) is 4.79 Å². The van der Waals surface area contributed by atoms with E-state index in [9.17, 15) is 4.79 Å². The third-order valence-corrected chi connectivity index (χ3v) is 4.17. The van der Waals surface area contributed by atoms with Gasteiger partial charge in [0.25, 0.3) is 5.24 Å². The first-order chi connectivity index (χ1) is 12.0. The van der Waals surface area contributed by atoms with Crippen LogP contribution in [0.4, 0.5) is 0 Å². The summed E-state index contributed by atoms with van der Waals surface area (Å²) in [6, 6.07) is 15.2. The molecule has 1 heterocycles. The molecule has 0 spiro atoms. The Balaban J connectivity index is 2.11. The summed E-state index contributed by atoms with van der Waals surface area (Å²) < 4.78 is 5.80. The summed E-state index contributed by atoms with van der Waals surface area (Å²) >= 11 is 5.82. The van der Waals surface area contributed by atoms with E-state index in [1.165, 1.54) is 0 Å². The van der Waals surface area contributed by atoms with Crippen molar-refractivity contribution in [3.8, 4) is 17.0 Å². The molecule has 0 aliphatic rings. The lowest BCUT2D eigenvalue weighted by Gasteiger charge is -2.12. The molecule has 0 radical (unpaired) electrons. The molecule has 0 atom stereocenters. The number of halogens is 1. The second kappa shape index (κ2) is 7.24. The number of aromatic nitrogens is 1.